The van der Waals surface area contributed by atoms with Gasteiger partial charge in [0.25, 0.3) is 0 Å². The largest absolute Gasteiger partial charge is 0.320 e. The highest BCUT2D eigenvalue weighted by molar-refractivity contribution is 9.10. The van der Waals surface area contributed by atoms with Crippen LogP contribution in [0.5, 0.6) is 0 Å². The molecule has 2 rings (SSSR count). The fraction of sp³-hybridized carbons (Fsp3) is 0.571. The van der Waals surface area contributed by atoms with Gasteiger partial charge in [0, 0.05) is 17.6 Å². The molecular formula is C14H21BrCl2N2O2S. The third-order valence-corrected chi connectivity index (χ3v) is 6.76. The van der Waals surface area contributed by atoms with Gasteiger partial charge in [-0.25, -0.2) is 8.42 Å². The van der Waals surface area contributed by atoms with Gasteiger partial charge in [0.1, 0.15) is 4.90 Å². The van der Waals surface area contributed by atoms with Crippen molar-refractivity contribution in [2.75, 3.05) is 26.7 Å². The van der Waals surface area contributed by atoms with Crippen molar-refractivity contribution in [1.29, 1.82) is 0 Å². The Kier molecular flexibility index (Phi) is 8.12. The van der Waals surface area contributed by atoms with Crippen molar-refractivity contribution in [1.82, 2.24) is 9.62 Å². The van der Waals surface area contributed by atoms with E-state index in [2.05, 4.69) is 21.2 Å². The Morgan fingerprint density at radius 2 is 2.00 bits per heavy atom. The zero-order valence-corrected chi connectivity index (χ0v) is 16.4. The molecule has 1 N–H and O–H groups in total. The monoisotopic (exact) mass is 430 g/mol. The zero-order valence-electron chi connectivity index (χ0n) is 12.4. The van der Waals surface area contributed by atoms with Crippen LogP contribution >= 0.6 is 39.9 Å². The highest BCUT2D eigenvalue weighted by atomic mass is 79.9. The summed E-state index contributed by atoms with van der Waals surface area (Å²) in [5.41, 5.74) is 0. The summed E-state index contributed by atoms with van der Waals surface area (Å²) in [5.74, 6) is 0.601. The molecule has 8 heteroatoms. The van der Waals surface area contributed by atoms with Gasteiger partial charge in [-0.1, -0.05) is 27.5 Å². The lowest BCUT2D eigenvalue weighted by Gasteiger charge is -2.31. The van der Waals surface area contributed by atoms with Crippen molar-refractivity contribution in [3.05, 3.63) is 27.7 Å². The predicted octanol–water partition coefficient (Wildman–Crippen LogP) is 3.53. The number of nitrogens with one attached hydrogen (secondary N) is 1. The molecule has 1 heterocycles. The number of halogens is 3. The summed E-state index contributed by atoms with van der Waals surface area (Å²) in [7, 11) is -1.55. The molecule has 0 aromatic heterocycles. The van der Waals surface area contributed by atoms with E-state index < -0.39 is 10.0 Å². The van der Waals surface area contributed by atoms with Crippen molar-refractivity contribution in [2.24, 2.45) is 5.92 Å². The molecule has 1 aromatic rings. The summed E-state index contributed by atoms with van der Waals surface area (Å²) in [6, 6.07) is 4.89. The molecule has 1 aromatic carbocycles. The Balaban J connectivity index is 0.00000242. The first-order valence-electron chi connectivity index (χ1n) is 7.05. The minimum Gasteiger partial charge on any atom is -0.320 e. The predicted molar refractivity (Wildman–Crippen MR) is 96.4 cm³/mol. The number of benzene rings is 1. The smallest absolute Gasteiger partial charge is 0.244 e. The first-order chi connectivity index (χ1) is 9.95. The topological polar surface area (TPSA) is 49.4 Å². The average Bonchev–Trinajstić information content (AvgIpc) is 2.45. The normalized spacial score (nSPS) is 17.2. The van der Waals surface area contributed by atoms with E-state index >= 15 is 0 Å². The second kappa shape index (κ2) is 8.85. The van der Waals surface area contributed by atoms with E-state index in [1.807, 2.05) is 7.05 Å². The first kappa shape index (κ1) is 20.2. The van der Waals surface area contributed by atoms with Gasteiger partial charge in [0.15, 0.2) is 0 Å². The van der Waals surface area contributed by atoms with E-state index in [0.717, 1.165) is 30.3 Å². The number of nitrogens with zero attached hydrogens (tertiary/aromatic N) is 1. The molecule has 1 saturated heterocycles. The van der Waals surface area contributed by atoms with Gasteiger partial charge in [-0.3, -0.25) is 0 Å². The van der Waals surface area contributed by atoms with E-state index in [-0.39, 0.29) is 22.3 Å². The molecule has 0 unspecified atom stereocenters. The maximum Gasteiger partial charge on any atom is 0.244 e. The van der Waals surface area contributed by atoms with Gasteiger partial charge < -0.3 is 5.32 Å². The van der Waals surface area contributed by atoms with Crippen molar-refractivity contribution in [3.8, 4) is 0 Å². The van der Waals surface area contributed by atoms with Crippen LogP contribution in [0.25, 0.3) is 0 Å². The maximum absolute atomic E-state index is 12.7. The van der Waals surface area contributed by atoms with Crippen molar-refractivity contribution in [3.63, 3.8) is 0 Å². The fourth-order valence-electron chi connectivity index (χ4n) is 2.61. The first-order valence-corrected chi connectivity index (χ1v) is 9.66. The van der Waals surface area contributed by atoms with Gasteiger partial charge in [-0.2, -0.15) is 4.31 Å². The molecule has 0 bridgehead atoms. The lowest BCUT2D eigenvalue weighted by atomic mass is 9.95. The van der Waals surface area contributed by atoms with Crippen molar-refractivity contribution < 1.29 is 8.42 Å². The second-order valence-corrected chi connectivity index (χ2v) is 8.54. The Morgan fingerprint density at radius 1 is 1.36 bits per heavy atom. The molecule has 4 nitrogen and oxygen atoms in total. The van der Waals surface area contributed by atoms with Crippen LogP contribution in [0.4, 0.5) is 0 Å². The summed E-state index contributed by atoms with van der Waals surface area (Å²) in [4.78, 5) is 0.195. The Labute approximate surface area is 152 Å². The maximum atomic E-state index is 12.7. The molecule has 0 saturated carbocycles. The molecule has 1 fully saturated rings. The van der Waals surface area contributed by atoms with Crippen LogP contribution in [0.2, 0.25) is 5.02 Å². The Bertz CT molecular complexity index is 591. The van der Waals surface area contributed by atoms with Crippen LogP contribution < -0.4 is 5.32 Å². The van der Waals surface area contributed by atoms with E-state index in [1.165, 1.54) is 0 Å². The number of hydrogen-bond acceptors (Lipinski definition) is 3. The van der Waals surface area contributed by atoms with E-state index in [4.69, 9.17) is 11.6 Å². The Morgan fingerprint density at radius 3 is 2.55 bits per heavy atom. The molecule has 0 aliphatic carbocycles. The van der Waals surface area contributed by atoms with Crippen molar-refractivity contribution in [2.45, 2.75) is 24.2 Å². The molecule has 22 heavy (non-hydrogen) atoms. The van der Waals surface area contributed by atoms with Crippen LogP contribution in [0, 0.1) is 5.92 Å². The van der Waals surface area contributed by atoms with Crippen LogP contribution in [0.1, 0.15) is 19.3 Å². The van der Waals surface area contributed by atoms with Gasteiger partial charge in [-0.05, 0) is 57.0 Å². The quantitative estimate of drug-likeness (QED) is 0.775. The number of hydrogen-bond donors (Lipinski definition) is 1. The molecule has 0 amide bonds. The second-order valence-electron chi connectivity index (χ2n) is 5.31. The van der Waals surface area contributed by atoms with E-state index in [1.54, 1.807) is 22.5 Å². The molecule has 0 atom stereocenters. The summed E-state index contributed by atoms with van der Waals surface area (Å²) in [6.07, 6.45) is 2.92. The SMILES string of the molecule is CNCCC1CCN(S(=O)(=O)c2ccc(Br)cc2Cl)CC1.Cl. The fourth-order valence-corrected chi connectivity index (χ4v) is 5.09. The lowest BCUT2D eigenvalue weighted by molar-refractivity contribution is 0.263. The summed E-state index contributed by atoms with van der Waals surface area (Å²) < 4.78 is 27.6. The number of piperidine rings is 1. The van der Waals surface area contributed by atoms with Crippen molar-refractivity contribution >= 4 is 50.0 Å². The third-order valence-electron chi connectivity index (χ3n) is 3.89. The van der Waals surface area contributed by atoms with Crippen LogP contribution in [-0.4, -0.2) is 39.4 Å². The summed E-state index contributed by atoms with van der Waals surface area (Å²) in [6.45, 7) is 2.13. The molecule has 1 aliphatic heterocycles. The minimum absolute atomic E-state index is 0. The molecule has 0 spiro atoms. The average molecular weight is 432 g/mol. The van der Waals surface area contributed by atoms with Gasteiger partial charge >= 0.3 is 0 Å². The molecule has 0 radical (unpaired) electrons. The Hall–Kier alpha value is 0.150. The van der Waals surface area contributed by atoms with Gasteiger partial charge in [0.05, 0.1) is 5.02 Å². The van der Waals surface area contributed by atoms with E-state index in [9.17, 15) is 8.42 Å². The third kappa shape index (κ3) is 4.82. The number of rotatable bonds is 5. The van der Waals surface area contributed by atoms with Crippen LogP contribution in [-0.2, 0) is 10.0 Å². The molecule has 126 valence electrons. The zero-order chi connectivity index (χ0) is 15.5. The minimum atomic E-state index is -3.49. The molecular weight excluding hydrogens is 411 g/mol. The van der Waals surface area contributed by atoms with Gasteiger partial charge in [0.2, 0.25) is 10.0 Å². The van der Waals surface area contributed by atoms with E-state index in [0.29, 0.717) is 19.0 Å². The van der Waals surface area contributed by atoms with Gasteiger partial charge in [-0.15, -0.1) is 12.4 Å². The number of sulfonamides is 1. The van der Waals surface area contributed by atoms with Crippen LogP contribution in [0.3, 0.4) is 0 Å². The highest BCUT2D eigenvalue weighted by Crippen LogP contribution is 2.30. The highest BCUT2D eigenvalue weighted by Gasteiger charge is 2.30. The van der Waals surface area contributed by atoms with Crippen LogP contribution in [0.15, 0.2) is 27.6 Å². The standard InChI is InChI=1S/C14H20BrClN2O2S.ClH/c1-17-7-4-11-5-8-18(9-6-11)21(19,20)14-3-2-12(15)10-13(14)16;/h2-3,10-11,17H,4-9H2,1H3;1H. The lowest BCUT2D eigenvalue weighted by Crippen LogP contribution is -2.39. The summed E-state index contributed by atoms with van der Waals surface area (Å²) in [5, 5.41) is 3.41. The summed E-state index contributed by atoms with van der Waals surface area (Å²) >= 11 is 9.38. The molecule has 1 aliphatic rings.